The van der Waals surface area contributed by atoms with Gasteiger partial charge in [0.05, 0.1) is 23.2 Å². The van der Waals surface area contributed by atoms with Gasteiger partial charge in [0, 0.05) is 0 Å². The summed E-state index contributed by atoms with van der Waals surface area (Å²) in [5.41, 5.74) is 0.827. The highest BCUT2D eigenvalue weighted by molar-refractivity contribution is 6.42. The number of rotatable bonds is 6. The van der Waals surface area contributed by atoms with Crippen molar-refractivity contribution >= 4 is 35.6 Å². The molecule has 19 heavy (non-hydrogen) atoms. The van der Waals surface area contributed by atoms with Crippen LogP contribution in [-0.4, -0.2) is 30.9 Å². The van der Waals surface area contributed by atoms with Crippen LogP contribution in [0.1, 0.15) is 24.9 Å². The lowest BCUT2D eigenvalue weighted by Crippen LogP contribution is -2.33. The molecule has 0 N–H and O–H groups in total. The first-order valence-electron chi connectivity index (χ1n) is 5.76. The summed E-state index contributed by atoms with van der Waals surface area (Å²) in [4.78, 5) is 23.8. The van der Waals surface area contributed by atoms with E-state index < -0.39 is 5.97 Å². The second kappa shape index (κ2) is 7.36. The lowest BCUT2D eigenvalue weighted by atomic mass is 10.0. The molecular weight excluding hydrogens is 289 g/mol. The Hall–Kier alpha value is -1.26. The summed E-state index contributed by atoms with van der Waals surface area (Å²) >= 11 is 11.8. The highest BCUT2D eigenvalue weighted by Crippen LogP contribution is 2.29. The number of amides is 1. The number of hydrogen-bond acceptors (Lipinski definition) is 3. The second-order valence-corrected chi connectivity index (χ2v) is 4.77. The number of halogens is 2. The molecule has 0 fully saturated rings. The Bertz CT molecular complexity index is 465. The number of ether oxygens (including phenoxy) is 1. The van der Waals surface area contributed by atoms with Gasteiger partial charge < -0.3 is 9.64 Å². The van der Waals surface area contributed by atoms with Gasteiger partial charge in [-0.15, -0.1) is 0 Å². The summed E-state index contributed by atoms with van der Waals surface area (Å²) in [6, 6.07) is 4.91. The molecule has 0 aliphatic rings. The minimum atomic E-state index is -0.467. The number of hydrogen-bond donors (Lipinski definition) is 0. The fraction of sp³-hybridized carbons (Fsp3) is 0.385. The van der Waals surface area contributed by atoms with Crippen molar-refractivity contribution in [2.45, 2.75) is 19.4 Å². The standard InChI is InChI=1S/C13H15Cl2NO3/c1-3-12(16(8-17)7-13(18)19-2)9-4-5-10(14)11(15)6-9/h4-6,8,12H,3,7H2,1-2H3/t12-/m0/s1. The van der Waals surface area contributed by atoms with Gasteiger partial charge in [0.25, 0.3) is 0 Å². The zero-order chi connectivity index (χ0) is 14.4. The van der Waals surface area contributed by atoms with Crippen molar-refractivity contribution in [3.05, 3.63) is 33.8 Å². The fourth-order valence-corrected chi connectivity index (χ4v) is 2.12. The third-order valence-corrected chi connectivity index (χ3v) is 3.53. The molecule has 0 aliphatic heterocycles. The monoisotopic (exact) mass is 303 g/mol. The normalized spacial score (nSPS) is 11.8. The minimum Gasteiger partial charge on any atom is -0.468 e. The molecule has 0 aromatic heterocycles. The van der Waals surface area contributed by atoms with E-state index in [0.29, 0.717) is 22.9 Å². The third kappa shape index (κ3) is 4.11. The van der Waals surface area contributed by atoms with Crippen LogP contribution >= 0.6 is 23.2 Å². The molecule has 0 saturated carbocycles. The van der Waals surface area contributed by atoms with Gasteiger partial charge in [0.1, 0.15) is 6.54 Å². The first-order chi connectivity index (χ1) is 9.03. The van der Waals surface area contributed by atoms with Crippen LogP contribution in [0, 0.1) is 0 Å². The van der Waals surface area contributed by atoms with Gasteiger partial charge in [-0.1, -0.05) is 36.2 Å². The van der Waals surface area contributed by atoms with E-state index in [-0.39, 0.29) is 12.6 Å². The van der Waals surface area contributed by atoms with Gasteiger partial charge in [-0.25, -0.2) is 0 Å². The molecule has 0 unspecified atom stereocenters. The summed E-state index contributed by atoms with van der Waals surface area (Å²) in [6.07, 6.45) is 1.28. The minimum absolute atomic E-state index is 0.0985. The van der Waals surface area contributed by atoms with E-state index in [4.69, 9.17) is 23.2 Å². The maximum atomic E-state index is 11.3. The van der Waals surface area contributed by atoms with Crippen molar-refractivity contribution in [3.63, 3.8) is 0 Å². The average Bonchev–Trinajstić information content (AvgIpc) is 2.41. The third-order valence-electron chi connectivity index (χ3n) is 2.79. The Kier molecular flexibility index (Phi) is 6.12. The number of carbonyl (C=O) groups excluding carboxylic acids is 2. The summed E-state index contributed by atoms with van der Waals surface area (Å²) in [6.45, 7) is 1.82. The largest absolute Gasteiger partial charge is 0.468 e. The van der Waals surface area contributed by atoms with E-state index in [2.05, 4.69) is 4.74 Å². The first-order valence-corrected chi connectivity index (χ1v) is 6.51. The molecule has 1 amide bonds. The Balaban J connectivity index is 2.99. The van der Waals surface area contributed by atoms with Crippen LogP contribution in [0.5, 0.6) is 0 Å². The Morgan fingerprint density at radius 3 is 2.58 bits per heavy atom. The zero-order valence-electron chi connectivity index (χ0n) is 10.7. The molecular formula is C13H15Cl2NO3. The molecule has 104 valence electrons. The molecule has 0 radical (unpaired) electrons. The molecule has 0 bridgehead atoms. The van der Waals surface area contributed by atoms with Crippen molar-refractivity contribution in [1.29, 1.82) is 0 Å². The predicted molar refractivity (Wildman–Crippen MR) is 74.3 cm³/mol. The topological polar surface area (TPSA) is 46.6 Å². The van der Waals surface area contributed by atoms with Crippen LogP contribution < -0.4 is 0 Å². The lowest BCUT2D eigenvalue weighted by Gasteiger charge is -2.27. The Morgan fingerprint density at radius 1 is 1.42 bits per heavy atom. The Morgan fingerprint density at radius 2 is 2.11 bits per heavy atom. The SMILES string of the molecule is CC[C@@H](c1ccc(Cl)c(Cl)c1)N(C=O)CC(=O)OC. The van der Waals surface area contributed by atoms with Gasteiger partial charge in [-0.2, -0.15) is 0 Å². The molecule has 0 aliphatic carbocycles. The van der Waals surface area contributed by atoms with Gasteiger partial charge >= 0.3 is 5.97 Å². The number of benzene rings is 1. The van der Waals surface area contributed by atoms with Crippen molar-refractivity contribution in [3.8, 4) is 0 Å². The van der Waals surface area contributed by atoms with E-state index in [1.54, 1.807) is 18.2 Å². The fourth-order valence-electron chi connectivity index (χ4n) is 1.82. The summed E-state index contributed by atoms with van der Waals surface area (Å²) in [5.74, 6) is -0.467. The van der Waals surface area contributed by atoms with Crippen molar-refractivity contribution in [2.24, 2.45) is 0 Å². The molecule has 0 saturated heterocycles. The second-order valence-electron chi connectivity index (χ2n) is 3.95. The van der Waals surface area contributed by atoms with Crippen LogP contribution in [0.4, 0.5) is 0 Å². The lowest BCUT2D eigenvalue weighted by molar-refractivity contribution is -0.145. The maximum absolute atomic E-state index is 11.3. The van der Waals surface area contributed by atoms with E-state index in [1.165, 1.54) is 12.0 Å². The summed E-state index contributed by atoms with van der Waals surface area (Å²) < 4.78 is 4.57. The van der Waals surface area contributed by atoms with Crippen LogP contribution in [0.15, 0.2) is 18.2 Å². The van der Waals surface area contributed by atoms with E-state index in [9.17, 15) is 9.59 Å². The van der Waals surface area contributed by atoms with Crippen molar-refractivity contribution in [1.82, 2.24) is 4.90 Å². The van der Waals surface area contributed by atoms with Gasteiger partial charge in [0.15, 0.2) is 0 Å². The average molecular weight is 304 g/mol. The summed E-state index contributed by atoms with van der Waals surface area (Å²) in [5, 5.41) is 0.868. The molecule has 6 heteroatoms. The van der Waals surface area contributed by atoms with Gasteiger partial charge in [-0.3, -0.25) is 9.59 Å². The molecule has 1 atom stereocenters. The van der Waals surface area contributed by atoms with Crippen LogP contribution in [0.25, 0.3) is 0 Å². The van der Waals surface area contributed by atoms with Crippen molar-refractivity contribution < 1.29 is 14.3 Å². The molecule has 4 nitrogen and oxygen atoms in total. The molecule has 0 spiro atoms. The van der Waals surface area contributed by atoms with Gasteiger partial charge in [0.2, 0.25) is 6.41 Å². The number of nitrogens with zero attached hydrogens (tertiary/aromatic N) is 1. The quantitative estimate of drug-likeness (QED) is 0.599. The number of esters is 1. The predicted octanol–water partition coefficient (Wildman–Crippen LogP) is 3.08. The van der Waals surface area contributed by atoms with Crippen LogP contribution in [-0.2, 0) is 14.3 Å². The van der Waals surface area contributed by atoms with E-state index >= 15 is 0 Å². The zero-order valence-corrected chi connectivity index (χ0v) is 12.2. The number of carbonyl (C=O) groups is 2. The highest BCUT2D eigenvalue weighted by atomic mass is 35.5. The van der Waals surface area contributed by atoms with Gasteiger partial charge in [-0.05, 0) is 24.1 Å². The maximum Gasteiger partial charge on any atom is 0.325 e. The van der Waals surface area contributed by atoms with Crippen LogP contribution in [0.2, 0.25) is 10.0 Å². The van der Waals surface area contributed by atoms with E-state index in [1.807, 2.05) is 6.92 Å². The number of methoxy groups -OCH3 is 1. The Labute approximate surface area is 122 Å². The smallest absolute Gasteiger partial charge is 0.325 e. The molecule has 1 aromatic carbocycles. The van der Waals surface area contributed by atoms with E-state index in [0.717, 1.165) is 5.56 Å². The molecule has 1 aromatic rings. The van der Waals surface area contributed by atoms with Crippen LogP contribution in [0.3, 0.4) is 0 Å². The highest BCUT2D eigenvalue weighted by Gasteiger charge is 2.20. The first kappa shape index (κ1) is 15.8. The summed E-state index contributed by atoms with van der Waals surface area (Å²) in [7, 11) is 1.28. The molecule has 0 heterocycles. The molecule has 1 rings (SSSR count). The van der Waals surface area contributed by atoms with Crippen molar-refractivity contribution in [2.75, 3.05) is 13.7 Å².